The van der Waals surface area contributed by atoms with Crippen molar-refractivity contribution in [3.05, 3.63) is 42.0 Å². The number of nitrogens with zero attached hydrogens (tertiary/aromatic N) is 2. The molecule has 5 heteroatoms. The highest BCUT2D eigenvalue weighted by Crippen LogP contribution is 2.60. The minimum absolute atomic E-state index is 0.122. The lowest BCUT2D eigenvalue weighted by molar-refractivity contribution is -0.144. The summed E-state index contributed by atoms with van der Waals surface area (Å²) in [4.78, 5) is 17.9. The SMILES string of the molecule is O=C(NC(=S)N1CCN(C/C=C\c2ccccc2)CC1)C12CC3CC(CC(C3)C1)C2. The number of rotatable bonds is 4. The first-order valence-corrected chi connectivity index (χ1v) is 12.0. The molecule has 0 aromatic heterocycles. The fourth-order valence-corrected chi connectivity index (χ4v) is 7.01. The Morgan fingerprint density at radius 2 is 1.60 bits per heavy atom. The summed E-state index contributed by atoms with van der Waals surface area (Å²) in [5.41, 5.74) is 1.12. The van der Waals surface area contributed by atoms with Crippen LogP contribution in [-0.4, -0.2) is 53.5 Å². The van der Waals surface area contributed by atoms with Crippen LogP contribution in [-0.2, 0) is 4.79 Å². The molecule has 1 aliphatic heterocycles. The zero-order valence-electron chi connectivity index (χ0n) is 17.8. The summed E-state index contributed by atoms with van der Waals surface area (Å²) in [6, 6.07) is 10.4. The van der Waals surface area contributed by atoms with Crippen LogP contribution in [0, 0.1) is 23.2 Å². The Labute approximate surface area is 185 Å². The van der Waals surface area contributed by atoms with Gasteiger partial charge >= 0.3 is 0 Å². The maximum atomic E-state index is 13.2. The van der Waals surface area contributed by atoms with Crippen LogP contribution in [0.4, 0.5) is 0 Å². The number of benzene rings is 1. The van der Waals surface area contributed by atoms with Gasteiger partial charge in [0.1, 0.15) is 0 Å². The minimum Gasteiger partial charge on any atom is -0.346 e. The van der Waals surface area contributed by atoms with Crippen molar-refractivity contribution in [2.24, 2.45) is 23.2 Å². The van der Waals surface area contributed by atoms with Crippen molar-refractivity contribution in [3.63, 3.8) is 0 Å². The standard InChI is InChI=1S/C25H33N3OS/c29-23(25-16-20-13-21(17-25)15-22(14-20)18-25)26-24(30)28-11-9-27(10-12-28)8-4-7-19-5-2-1-3-6-19/h1-7,20-22H,8-18H2,(H,26,29,30)/b7-4-. The highest BCUT2D eigenvalue weighted by atomic mass is 32.1. The van der Waals surface area contributed by atoms with Crippen molar-refractivity contribution >= 4 is 29.3 Å². The maximum Gasteiger partial charge on any atom is 0.232 e. The third-order valence-electron chi connectivity index (χ3n) is 7.87. The van der Waals surface area contributed by atoms with Crippen LogP contribution in [0.2, 0.25) is 0 Å². The Kier molecular flexibility index (Phi) is 5.67. The zero-order chi connectivity index (χ0) is 20.6. The van der Waals surface area contributed by atoms with Gasteiger partial charge in [0.25, 0.3) is 0 Å². The van der Waals surface area contributed by atoms with Gasteiger partial charge in [-0.05, 0) is 74.1 Å². The molecule has 160 valence electrons. The summed E-state index contributed by atoms with van der Waals surface area (Å²) in [7, 11) is 0. The minimum atomic E-state index is -0.122. The van der Waals surface area contributed by atoms with Gasteiger partial charge < -0.3 is 10.2 Å². The Bertz CT molecular complexity index is 778. The van der Waals surface area contributed by atoms with E-state index in [2.05, 4.69) is 51.5 Å². The lowest BCUT2D eigenvalue weighted by Crippen LogP contribution is -2.58. The highest BCUT2D eigenvalue weighted by molar-refractivity contribution is 7.80. The first-order valence-electron chi connectivity index (χ1n) is 11.6. The van der Waals surface area contributed by atoms with Gasteiger partial charge in [0.15, 0.2) is 5.11 Å². The van der Waals surface area contributed by atoms with E-state index < -0.39 is 0 Å². The number of hydrogen-bond acceptors (Lipinski definition) is 3. The monoisotopic (exact) mass is 423 g/mol. The first kappa shape index (κ1) is 20.2. The number of amides is 1. The molecule has 0 radical (unpaired) electrons. The van der Waals surface area contributed by atoms with E-state index >= 15 is 0 Å². The van der Waals surface area contributed by atoms with Crippen LogP contribution in [0.5, 0.6) is 0 Å². The van der Waals surface area contributed by atoms with E-state index in [0.717, 1.165) is 69.7 Å². The van der Waals surface area contributed by atoms with Gasteiger partial charge in [-0.15, -0.1) is 0 Å². The predicted molar refractivity (Wildman–Crippen MR) is 125 cm³/mol. The Hall–Kier alpha value is -1.72. The fourth-order valence-electron chi connectivity index (χ4n) is 6.73. The van der Waals surface area contributed by atoms with E-state index in [4.69, 9.17) is 12.2 Å². The molecular weight excluding hydrogens is 390 g/mol. The van der Waals surface area contributed by atoms with E-state index in [9.17, 15) is 4.79 Å². The molecule has 6 rings (SSSR count). The summed E-state index contributed by atoms with van der Waals surface area (Å²) >= 11 is 5.66. The van der Waals surface area contributed by atoms with Gasteiger partial charge in [0, 0.05) is 32.7 Å². The van der Waals surface area contributed by atoms with Crippen molar-refractivity contribution < 1.29 is 4.79 Å². The average molecular weight is 424 g/mol. The summed E-state index contributed by atoms with van der Waals surface area (Å²) in [6.07, 6.45) is 11.8. The number of nitrogens with one attached hydrogen (secondary N) is 1. The zero-order valence-corrected chi connectivity index (χ0v) is 18.6. The Morgan fingerprint density at radius 1 is 1.00 bits per heavy atom. The van der Waals surface area contributed by atoms with Crippen LogP contribution >= 0.6 is 12.2 Å². The summed E-state index contributed by atoms with van der Waals surface area (Å²) in [5, 5.41) is 3.82. The lowest BCUT2D eigenvalue weighted by atomic mass is 9.49. The van der Waals surface area contributed by atoms with Crippen molar-refractivity contribution in [3.8, 4) is 0 Å². The van der Waals surface area contributed by atoms with Crippen LogP contribution in [0.15, 0.2) is 36.4 Å². The normalized spacial score (nSPS) is 33.2. The molecule has 1 N–H and O–H groups in total. The Morgan fingerprint density at radius 3 is 2.20 bits per heavy atom. The first-order chi connectivity index (χ1) is 14.6. The number of thiocarbonyl (C=S) groups is 1. The number of hydrogen-bond donors (Lipinski definition) is 1. The molecule has 4 saturated carbocycles. The van der Waals surface area contributed by atoms with E-state index in [1.165, 1.54) is 24.8 Å². The Balaban J connectivity index is 1.10. The van der Waals surface area contributed by atoms with Crippen molar-refractivity contribution in [2.75, 3.05) is 32.7 Å². The van der Waals surface area contributed by atoms with E-state index in [-0.39, 0.29) is 11.3 Å². The van der Waals surface area contributed by atoms with Crippen LogP contribution < -0.4 is 5.32 Å². The smallest absolute Gasteiger partial charge is 0.232 e. The molecule has 5 fully saturated rings. The maximum absolute atomic E-state index is 13.2. The van der Waals surface area contributed by atoms with Crippen LogP contribution in [0.1, 0.15) is 44.1 Å². The second-order valence-corrected chi connectivity index (χ2v) is 10.4. The summed E-state index contributed by atoms with van der Waals surface area (Å²) in [5.74, 6) is 2.56. The highest BCUT2D eigenvalue weighted by Gasteiger charge is 2.54. The predicted octanol–water partition coefficient (Wildman–Crippen LogP) is 3.93. The third kappa shape index (κ3) is 4.19. The van der Waals surface area contributed by atoms with E-state index in [0.29, 0.717) is 5.11 Å². The van der Waals surface area contributed by atoms with Gasteiger partial charge in [-0.25, -0.2) is 0 Å². The molecule has 4 bridgehead atoms. The molecule has 30 heavy (non-hydrogen) atoms. The molecule has 5 aliphatic rings. The molecule has 4 aliphatic carbocycles. The second kappa shape index (κ2) is 8.43. The molecule has 1 heterocycles. The average Bonchev–Trinajstić information content (AvgIpc) is 2.74. The van der Waals surface area contributed by atoms with E-state index in [1.807, 2.05) is 6.07 Å². The van der Waals surface area contributed by atoms with Crippen LogP contribution in [0.25, 0.3) is 6.08 Å². The number of carbonyl (C=O) groups excluding carboxylic acids is 1. The summed E-state index contributed by atoms with van der Waals surface area (Å²) < 4.78 is 0. The van der Waals surface area contributed by atoms with Gasteiger partial charge in [-0.1, -0.05) is 42.5 Å². The molecule has 0 unspecified atom stereocenters. The van der Waals surface area contributed by atoms with Crippen LogP contribution in [0.3, 0.4) is 0 Å². The van der Waals surface area contributed by atoms with Crippen molar-refractivity contribution in [1.82, 2.24) is 15.1 Å². The molecule has 0 atom stereocenters. The molecular formula is C25H33N3OS. The van der Waals surface area contributed by atoms with Crippen molar-refractivity contribution in [2.45, 2.75) is 38.5 Å². The second-order valence-electron chi connectivity index (χ2n) is 10.1. The molecule has 1 aromatic carbocycles. The molecule has 0 spiro atoms. The lowest BCUT2D eigenvalue weighted by Gasteiger charge is -2.55. The molecule has 1 saturated heterocycles. The van der Waals surface area contributed by atoms with Gasteiger partial charge in [0.2, 0.25) is 5.91 Å². The van der Waals surface area contributed by atoms with E-state index in [1.54, 1.807) is 0 Å². The summed E-state index contributed by atoms with van der Waals surface area (Å²) in [6.45, 7) is 4.69. The number of carbonyl (C=O) groups is 1. The molecule has 1 amide bonds. The number of piperazine rings is 1. The van der Waals surface area contributed by atoms with Gasteiger partial charge in [-0.2, -0.15) is 0 Å². The largest absolute Gasteiger partial charge is 0.346 e. The molecule has 4 nitrogen and oxygen atoms in total. The fraction of sp³-hybridized carbons (Fsp3) is 0.600. The van der Waals surface area contributed by atoms with Crippen molar-refractivity contribution in [1.29, 1.82) is 0 Å². The van der Waals surface area contributed by atoms with Gasteiger partial charge in [0.05, 0.1) is 5.41 Å². The van der Waals surface area contributed by atoms with Gasteiger partial charge in [-0.3, -0.25) is 9.69 Å². The topological polar surface area (TPSA) is 35.6 Å². The molecule has 1 aromatic rings. The third-order valence-corrected chi connectivity index (χ3v) is 8.23. The quantitative estimate of drug-likeness (QED) is 0.744.